The number of hydrogen-bond donors (Lipinski definition) is 1. The van der Waals surface area contributed by atoms with Crippen molar-refractivity contribution in [1.29, 1.82) is 5.26 Å². The molecule has 1 heterocycles. The molecule has 10 heteroatoms. The second kappa shape index (κ2) is 10.7. The van der Waals surface area contributed by atoms with Crippen molar-refractivity contribution in [3.63, 3.8) is 0 Å². The first-order valence-electron chi connectivity index (χ1n) is 10.4. The van der Waals surface area contributed by atoms with Crippen LogP contribution in [0.25, 0.3) is 0 Å². The fourth-order valence-electron chi connectivity index (χ4n) is 3.87. The standard InChI is InChI=1S/C23H25F2N3O4S/c1-33(30,31)20-10-6-16(7-11-20)21(12-13-26)27-22(29)17-4-8-18(9-5-17)28-14-2-3-19(28)15-32-23(24)25/h4-11,19,21,23H,2-3,12,14-15H2,1H3,(H,27,29)/t19-,21-/m0/s1. The van der Waals surface area contributed by atoms with E-state index >= 15 is 0 Å². The third-order valence-corrected chi connectivity index (χ3v) is 6.69. The number of nitrogens with zero attached hydrogens (tertiary/aromatic N) is 2. The van der Waals surface area contributed by atoms with E-state index in [1.165, 1.54) is 12.1 Å². The molecule has 7 nitrogen and oxygen atoms in total. The maximum Gasteiger partial charge on any atom is 0.345 e. The molecule has 1 N–H and O–H groups in total. The Hall–Kier alpha value is -3.03. The minimum absolute atomic E-state index is 0.0155. The van der Waals surface area contributed by atoms with Crippen LogP contribution in [-0.2, 0) is 14.6 Å². The molecule has 2 aromatic carbocycles. The Morgan fingerprint density at radius 1 is 1.21 bits per heavy atom. The van der Waals surface area contributed by atoms with Gasteiger partial charge in [-0.2, -0.15) is 14.0 Å². The molecule has 1 saturated heterocycles. The maximum atomic E-state index is 12.8. The number of carbonyl (C=O) groups is 1. The van der Waals surface area contributed by atoms with Crippen LogP contribution >= 0.6 is 0 Å². The van der Waals surface area contributed by atoms with Gasteiger partial charge in [-0.3, -0.25) is 4.79 Å². The zero-order chi connectivity index (χ0) is 24.0. The van der Waals surface area contributed by atoms with Crippen molar-refractivity contribution in [2.75, 3.05) is 24.3 Å². The first-order valence-corrected chi connectivity index (χ1v) is 12.3. The highest BCUT2D eigenvalue weighted by atomic mass is 32.2. The number of nitrogens with one attached hydrogen (secondary N) is 1. The Labute approximate surface area is 191 Å². The molecule has 1 fully saturated rings. The van der Waals surface area contributed by atoms with E-state index in [2.05, 4.69) is 10.1 Å². The summed E-state index contributed by atoms with van der Waals surface area (Å²) in [4.78, 5) is 14.9. The smallest absolute Gasteiger partial charge is 0.345 e. The fraction of sp³-hybridized carbons (Fsp3) is 0.391. The van der Waals surface area contributed by atoms with Gasteiger partial charge in [0.25, 0.3) is 5.91 Å². The number of amides is 1. The molecule has 1 aliphatic heterocycles. The molecule has 0 saturated carbocycles. The van der Waals surface area contributed by atoms with E-state index in [1.807, 2.05) is 11.0 Å². The van der Waals surface area contributed by atoms with Crippen molar-refractivity contribution < 1.29 is 26.7 Å². The van der Waals surface area contributed by atoms with E-state index in [9.17, 15) is 22.0 Å². The molecule has 0 aliphatic carbocycles. The van der Waals surface area contributed by atoms with Gasteiger partial charge in [0.1, 0.15) is 0 Å². The number of halogens is 2. The summed E-state index contributed by atoms with van der Waals surface area (Å²) in [6.07, 6.45) is 2.74. The Morgan fingerprint density at radius 2 is 1.88 bits per heavy atom. The maximum absolute atomic E-state index is 12.8. The van der Waals surface area contributed by atoms with Crippen LogP contribution in [0.5, 0.6) is 0 Å². The zero-order valence-electron chi connectivity index (χ0n) is 18.1. The van der Waals surface area contributed by atoms with Crippen LogP contribution < -0.4 is 10.2 Å². The summed E-state index contributed by atoms with van der Waals surface area (Å²) in [5, 5.41) is 12.0. The lowest BCUT2D eigenvalue weighted by atomic mass is 10.0. The van der Waals surface area contributed by atoms with Crippen molar-refractivity contribution in [2.24, 2.45) is 0 Å². The molecule has 0 radical (unpaired) electrons. The van der Waals surface area contributed by atoms with Gasteiger partial charge in [-0.25, -0.2) is 8.42 Å². The number of benzene rings is 2. The van der Waals surface area contributed by atoms with E-state index in [0.717, 1.165) is 31.3 Å². The van der Waals surface area contributed by atoms with Gasteiger partial charge in [0.2, 0.25) is 0 Å². The van der Waals surface area contributed by atoms with Gasteiger partial charge >= 0.3 is 6.61 Å². The lowest BCUT2D eigenvalue weighted by Crippen LogP contribution is -2.33. The Bertz CT molecular complexity index is 1100. The van der Waals surface area contributed by atoms with Crippen LogP contribution in [0.4, 0.5) is 14.5 Å². The molecule has 1 amide bonds. The molecule has 176 valence electrons. The summed E-state index contributed by atoms with van der Waals surface area (Å²) < 4.78 is 52.5. The van der Waals surface area contributed by atoms with Crippen LogP contribution in [0.1, 0.15) is 41.2 Å². The van der Waals surface area contributed by atoms with Crippen LogP contribution in [0.2, 0.25) is 0 Å². The lowest BCUT2D eigenvalue weighted by Gasteiger charge is -2.26. The van der Waals surface area contributed by atoms with Crippen molar-refractivity contribution in [3.8, 4) is 6.07 Å². The highest BCUT2D eigenvalue weighted by Crippen LogP contribution is 2.27. The molecular weight excluding hydrogens is 452 g/mol. The number of nitriles is 1. The van der Waals surface area contributed by atoms with Crippen LogP contribution in [0.15, 0.2) is 53.4 Å². The second-order valence-corrected chi connectivity index (χ2v) is 9.88. The summed E-state index contributed by atoms with van der Waals surface area (Å²) >= 11 is 0. The molecule has 2 aromatic rings. The molecule has 3 rings (SSSR count). The van der Waals surface area contributed by atoms with Gasteiger partial charge in [-0.05, 0) is 54.8 Å². The van der Waals surface area contributed by atoms with Crippen LogP contribution in [0.3, 0.4) is 0 Å². The molecular formula is C23H25F2N3O4S. The molecule has 2 atom stereocenters. The van der Waals surface area contributed by atoms with E-state index in [-0.39, 0.29) is 29.9 Å². The molecule has 0 unspecified atom stereocenters. The van der Waals surface area contributed by atoms with Gasteiger partial charge in [0.15, 0.2) is 9.84 Å². The number of ether oxygens (including phenoxy) is 1. The van der Waals surface area contributed by atoms with Crippen molar-refractivity contribution in [3.05, 3.63) is 59.7 Å². The number of sulfone groups is 1. The minimum Gasteiger partial charge on any atom is -0.366 e. The Kier molecular flexibility index (Phi) is 8.00. The largest absolute Gasteiger partial charge is 0.366 e. The predicted molar refractivity (Wildman–Crippen MR) is 119 cm³/mol. The summed E-state index contributed by atoms with van der Waals surface area (Å²) in [5.74, 6) is -0.381. The van der Waals surface area contributed by atoms with Gasteiger partial charge in [0.05, 0.1) is 36.1 Å². The molecule has 0 bridgehead atoms. The third kappa shape index (κ3) is 6.49. The Morgan fingerprint density at radius 3 is 2.45 bits per heavy atom. The topological polar surface area (TPSA) is 99.5 Å². The molecule has 1 aliphatic rings. The zero-order valence-corrected chi connectivity index (χ0v) is 18.9. The van der Waals surface area contributed by atoms with E-state index in [4.69, 9.17) is 5.26 Å². The fourth-order valence-corrected chi connectivity index (χ4v) is 4.50. The second-order valence-electron chi connectivity index (χ2n) is 7.86. The monoisotopic (exact) mass is 477 g/mol. The number of carbonyl (C=O) groups excluding carboxylic acids is 1. The van der Waals surface area contributed by atoms with Crippen molar-refractivity contribution in [2.45, 2.75) is 42.9 Å². The predicted octanol–water partition coefficient (Wildman–Crippen LogP) is 3.68. The quantitative estimate of drug-likeness (QED) is 0.592. The molecule has 33 heavy (non-hydrogen) atoms. The third-order valence-electron chi connectivity index (χ3n) is 5.56. The SMILES string of the molecule is CS(=O)(=O)c1ccc([C@H](CC#N)NC(=O)c2ccc(N3CCC[C@H]3COC(F)F)cc2)cc1. The van der Waals surface area contributed by atoms with Crippen LogP contribution in [0, 0.1) is 11.3 Å². The summed E-state index contributed by atoms with van der Waals surface area (Å²) in [6, 6.07) is 14.1. The summed E-state index contributed by atoms with van der Waals surface area (Å²) in [5.41, 5.74) is 1.82. The highest BCUT2D eigenvalue weighted by Gasteiger charge is 2.26. The summed E-state index contributed by atoms with van der Waals surface area (Å²) in [7, 11) is -3.35. The average Bonchev–Trinajstić information content (AvgIpc) is 3.25. The van der Waals surface area contributed by atoms with E-state index < -0.39 is 22.5 Å². The van der Waals surface area contributed by atoms with Crippen molar-refractivity contribution in [1.82, 2.24) is 5.32 Å². The average molecular weight is 478 g/mol. The first kappa shape index (κ1) is 24.6. The number of hydrogen-bond acceptors (Lipinski definition) is 6. The first-order chi connectivity index (χ1) is 15.7. The number of alkyl halides is 2. The number of rotatable bonds is 9. The highest BCUT2D eigenvalue weighted by molar-refractivity contribution is 7.90. The van der Waals surface area contributed by atoms with Crippen LogP contribution in [-0.4, -0.2) is 46.4 Å². The van der Waals surface area contributed by atoms with E-state index in [1.54, 1.807) is 36.4 Å². The molecule has 0 aromatic heterocycles. The van der Waals surface area contributed by atoms with Gasteiger partial charge in [0, 0.05) is 24.1 Å². The number of anilines is 1. The Balaban J connectivity index is 1.69. The van der Waals surface area contributed by atoms with Gasteiger partial charge in [-0.1, -0.05) is 12.1 Å². The van der Waals surface area contributed by atoms with E-state index in [0.29, 0.717) is 11.1 Å². The lowest BCUT2D eigenvalue weighted by molar-refractivity contribution is -0.131. The summed E-state index contributed by atoms with van der Waals surface area (Å²) in [6.45, 7) is -2.15. The minimum atomic E-state index is -3.35. The van der Waals surface area contributed by atoms with Crippen molar-refractivity contribution >= 4 is 21.4 Å². The van der Waals surface area contributed by atoms with Gasteiger partial charge < -0.3 is 15.0 Å². The normalized spacial score (nSPS) is 17.1. The molecule has 0 spiro atoms. The van der Waals surface area contributed by atoms with Gasteiger partial charge in [-0.15, -0.1) is 0 Å².